The van der Waals surface area contributed by atoms with Gasteiger partial charge in [0.05, 0.1) is 0 Å². The Morgan fingerprint density at radius 3 is 1.54 bits per heavy atom. The van der Waals surface area contributed by atoms with Gasteiger partial charge in [-0.3, -0.25) is 0 Å². The molecule has 1 atom stereocenters. The summed E-state index contributed by atoms with van der Waals surface area (Å²) in [5, 5.41) is 0. The van der Waals surface area contributed by atoms with Gasteiger partial charge < -0.3 is 0 Å². The van der Waals surface area contributed by atoms with E-state index in [-0.39, 0.29) is 0 Å². The highest BCUT2D eigenvalue weighted by atomic mass is 14.0. The van der Waals surface area contributed by atoms with Crippen LogP contribution in [-0.2, 0) is 0 Å². The Morgan fingerprint density at radius 1 is 1.15 bits per heavy atom. The summed E-state index contributed by atoms with van der Waals surface area (Å²) in [6.45, 7) is 18.3. The topological polar surface area (TPSA) is 0 Å². The van der Waals surface area contributed by atoms with E-state index in [1.165, 1.54) is 24.8 Å². The van der Waals surface area contributed by atoms with Crippen LogP contribution in [-0.4, -0.2) is 0 Å². The molecule has 13 heavy (non-hydrogen) atoms. The second-order valence-electron chi connectivity index (χ2n) is 3.51. The van der Waals surface area contributed by atoms with Crippen LogP contribution in [0.2, 0.25) is 0 Å². The van der Waals surface area contributed by atoms with E-state index in [1.807, 2.05) is 27.7 Å². The first-order chi connectivity index (χ1) is 6.04. The van der Waals surface area contributed by atoms with Gasteiger partial charge in [0.25, 0.3) is 0 Å². The van der Waals surface area contributed by atoms with E-state index < -0.39 is 0 Å². The minimum absolute atomic E-state index is 0.949. The zero-order valence-electron chi connectivity index (χ0n) is 10.9. The van der Waals surface area contributed by atoms with E-state index >= 15 is 0 Å². The van der Waals surface area contributed by atoms with Gasteiger partial charge in [0, 0.05) is 0 Å². The molecule has 0 saturated carbocycles. The van der Waals surface area contributed by atoms with Gasteiger partial charge in [0.15, 0.2) is 0 Å². The monoisotopic (exact) mass is 186 g/mol. The van der Waals surface area contributed by atoms with Crippen molar-refractivity contribution < 1.29 is 0 Å². The average Bonchev–Trinajstić information content (AvgIpc) is 2.07. The molecule has 0 rings (SSSR count). The van der Waals surface area contributed by atoms with E-state index in [1.54, 1.807) is 0 Å². The molecule has 0 fully saturated rings. The number of hydrogen-bond acceptors (Lipinski definition) is 0. The van der Waals surface area contributed by atoms with Crippen LogP contribution in [0, 0.1) is 5.92 Å². The van der Waals surface area contributed by atoms with Crippen molar-refractivity contribution in [2.75, 3.05) is 0 Å². The lowest BCUT2D eigenvalue weighted by Crippen LogP contribution is -1.88. The van der Waals surface area contributed by atoms with Crippen molar-refractivity contribution >= 4 is 0 Å². The Balaban J connectivity index is -0.000000142. The smallest absolute Gasteiger partial charge is 0.0445 e. The molecule has 0 aliphatic heterocycles. The summed E-state index contributed by atoms with van der Waals surface area (Å²) in [5.41, 5.74) is 1.17. The predicted octanol–water partition coefficient (Wildman–Crippen LogP) is 5.44. The molecule has 0 aromatic rings. The van der Waals surface area contributed by atoms with Crippen molar-refractivity contribution in [3.05, 3.63) is 12.2 Å². The van der Waals surface area contributed by atoms with Gasteiger partial charge in [-0.25, -0.2) is 0 Å². The largest absolute Gasteiger partial charge is 0.100 e. The van der Waals surface area contributed by atoms with E-state index in [0.717, 1.165) is 5.92 Å². The van der Waals surface area contributed by atoms with E-state index in [2.05, 4.69) is 27.4 Å². The fourth-order valence-corrected chi connectivity index (χ4v) is 0.697. The molecule has 0 N–H and O–H groups in total. The highest BCUT2D eigenvalue weighted by Gasteiger charge is 1.92. The lowest BCUT2D eigenvalue weighted by Gasteiger charge is -2.02. The maximum atomic E-state index is 3.56. The summed E-state index contributed by atoms with van der Waals surface area (Å²) in [5.74, 6) is 0.949. The molecule has 0 amide bonds. The molecule has 0 bridgehead atoms. The molecule has 0 nitrogen and oxygen atoms in total. The highest BCUT2D eigenvalue weighted by molar-refractivity contribution is 4.78. The SMILES string of the molecule is C=C(C)C.CC.CCCC(C)CC. The summed E-state index contributed by atoms with van der Waals surface area (Å²) in [6, 6.07) is 0. The van der Waals surface area contributed by atoms with Gasteiger partial charge in [-0.15, -0.1) is 6.58 Å². The summed E-state index contributed by atoms with van der Waals surface area (Å²) in [6.07, 6.45) is 4.08. The van der Waals surface area contributed by atoms with Crippen LogP contribution in [0.4, 0.5) is 0 Å². The first kappa shape index (κ1) is 18.5. The Kier molecular flexibility index (Phi) is 25.2. The third-order valence-corrected chi connectivity index (χ3v) is 1.48. The Labute approximate surface area is 86.4 Å². The maximum Gasteiger partial charge on any atom is -0.0445 e. The quantitative estimate of drug-likeness (QED) is 0.515. The van der Waals surface area contributed by atoms with Gasteiger partial charge in [0.1, 0.15) is 0 Å². The second-order valence-corrected chi connectivity index (χ2v) is 3.51. The molecule has 0 aromatic carbocycles. The number of rotatable bonds is 3. The average molecular weight is 186 g/mol. The van der Waals surface area contributed by atoms with E-state index in [9.17, 15) is 0 Å². The molecule has 82 valence electrons. The van der Waals surface area contributed by atoms with Gasteiger partial charge in [-0.05, 0) is 19.8 Å². The molecule has 0 heteroatoms. The first-order valence-electron chi connectivity index (χ1n) is 5.66. The van der Waals surface area contributed by atoms with Crippen LogP contribution in [0.5, 0.6) is 0 Å². The number of hydrogen-bond donors (Lipinski definition) is 0. The van der Waals surface area contributed by atoms with Crippen LogP contribution in [0.3, 0.4) is 0 Å². The van der Waals surface area contributed by atoms with Gasteiger partial charge >= 0.3 is 0 Å². The van der Waals surface area contributed by atoms with Crippen LogP contribution in [0.15, 0.2) is 12.2 Å². The van der Waals surface area contributed by atoms with E-state index in [4.69, 9.17) is 0 Å². The molecule has 0 radical (unpaired) electrons. The van der Waals surface area contributed by atoms with Crippen molar-refractivity contribution in [3.8, 4) is 0 Å². The minimum Gasteiger partial charge on any atom is -0.100 e. The first-order valence-corrected chi connectivity index (χ1v) is 5.66. The summed E-state index contributed by atoms with van der Waals surface area (Å²) >= 11 is 0. The second kappa shape index (κ2) is 17.7. The van der Waals surface area contributed by atoms with Gasteiger partial charge in [-0.1, -0.05) is 59.5 Å². The maximum absolute atomic E-state index is 3.56. The zero-order valence-corrected chi connectivity index (χ0v) is 10.9. The summed E-state index contributed by atoms with van der Waals surface area (Å²) in [7, 11) is 0. The fraction of sp³-hybridized carbons (Fsp3) is 0.846. The molecule has 0 aliphatic rings. The standard InChI is InChI=1S/C7H16.C4H8.C2H6/c1-4-6-7(3)5-2;1-4(2)3;1-2/h7H,4-6H2,1-3H3;1H2,2-3H3;1-2H3. The van der Waals surface area contributed by atoms with Crippen LogP contribution < -0.4 is 0 Å². The predicted molar refractivity (Wildman–Crippen MR) is 66.2 cm³/mol. The summed E-state index contributed by atoms with van der Waals surface area (Å²) in [4.78, 5) is 0. The number of allylic oxidation sites excluding steroid dienone is 1. The normalized spacial score (nSPS) is 10.1. The van der Waals surface area contributed by atoms with Gasteiger partial charge in [0.2, 0.25) is 0 Å². The van der Waals surface area contributed by atoms with Crippen molar-refractivity contribution in [1.29, 1.82) is 0 Å². The molecule has 0 heterocycles. The van der Waals surface area contributed by atoms with Gasteiger partial charge in [-0.2, -0.15) is 0 Å². The Morgan fingerprint density at radius 2 is 1.46 bits per heavy atom. The highest BCUT2D eigenvalue weighted by Crippen LogP contribution is 2.07. The van der Waals surface area contributed by atoms with Crippen LogP contribution in [0.1, 0.15) is 67.7 Å². The molecule has 1 unspecified atom stereocenters. The van der Waals surface area contributed by atoms with Crippen LogP contribution in [0.25, 0.3) is 0 Å². The molecular formula is C13H30. The molecule has 0 spiro atoms. The Bertz CT molecular complexity index is 78.0. The van der Waals surface area contributed by atoms with Crippen molar-refractivity contribution in [3.63, 3.8) is 0 Å². The lowest BCUT2D eigenvalue weighted by molar-refractivity contribution is 0.509. The third kappa shape index (κ3) is 49.6. The fourth-order valence-electron chi connectivity index (χ4n) is 0.697. The summed E-state index contributed by atoms with van der Waals surface area (Å²) < 4.78 is 0. The van der Waals surface area contributed by atoms with Crippen molar-refractivity contribution in [1.82, 2.24) is 0 Å². The zero-order chi connectivity index (χ0) is 11.3. The molecule has 0 aliphatic carbocycles. The third-order valence-electron chi connectivity index (χ3n) is 1.48. The molecule has 0 saturated heterocycles. The van der Waals surface area contributed by atoms with Crippen molar-refractivity contribution in [2.45, 2.75) is 67.7 Å². The minimum atomic E-state index is 0.949. The molecule has 0 aromatic heterocycles. The Hall–Kier alpha value is -0.260. The molecular weight excluding hydrogens is 156 g/mol. The van der Waals surface area contributed by atoms with Crippen LogP contribution >= 0.6 is 0 Å². The lowest BCUT2D eigenvalue weighted by atomic mass is 10.0. The van der Waals surface area contributed by atoms with Crippen molar-refractivity contribution in [2.24, 2.45) is 5.92 Å². The van der Waals surface area contributed by atoms with E-state index in [0.29, 0.717) is 0 Å².